The van der Waals surface area contributed by atoms with Gasteiger partial charge in [-0.05, 0) is 35.4 Å². The zero-order valence-electron chi connectivity index (χ0n) is 14.8. The average Bonchev–Trinajstić information content (AvgIpc) is 3.17. The van der Waals surface area contributed by atoms with Crippen molar-refractivity contribution in [3.05, 3.63) is 47.5 Å². The van der Waals surface area contributed by atoms with Gasteiger partial charge in [0.15, 0.2) is 23.0 Å². The molecule has 0 aromatic heterocycles. The molecule has 6 heteroatoms. The van der Waals surface area contributed by atoms with Crippen LogP contribution in [0.1, 0.15) is 29.8 Å². The van der Waals surface area contributed by atoms with Crippen molar-refractivity contribution < 1.29 is 28.7 Å². The SMILES string of the molecule is COc1ccc([C@@H]2C[C@@H](c3ccc(OC)c(OC)c3)OO2)cc1OC. The number of hydrogen-bond donors (Lipinski definition) is 0. The van der Waals surface area contributed by atoms with Gasteiger partial charge in [-0.25, -0.2) is 9.78 Å². The Bertz CT molecular complexity index is 668. The zero-order valence-corrected chi connectivity index (χ0v) is 14.8. The van der Waals surface area contributed by atoms with E-state index in [1.54, 1.807) is 28.4 Å². The lowest BCUT2D eigenvalue weighted by Crippen LogP contribution is -1.99. The van der Waals surface area contributed by atoms with E-state index in [4.69, 9.17) is 28.7 Å². The molecule has 0 saturated carbocycles. The van der Waals surface area contributed by atoms with Crippen LogP contribution >= 0.6 is 0 Å². The van der Waals surface area contributed by atoms with Gasteiger partial charge in [-0.15, -0.1) is 0 Å². The second-order valence-electron chi connectivity index (χ2n) is 5.63. The van der Waals surface area contributed by atoms with E-state index >= 15 is 0 Å². The lowest BCUT2D eigenvalue weighted by atomic mass is 9.99. The molecule has 2 aromatic carbocycles. The first-order valence-electron chi connectivity index (χ1n) is 7.96. The second kappa shape index (κ2) is 7.63. The van der Waals surface area contributed by atoms with Gasteiger partial charge in [-0.3, -0.25) is 0 Å². The molecule has 0 N–H and O–H groups in total. The summed E-state index contributed by atoms with van der Waals surface area (Å²) in [6.07, 6.45) is 0.320. The summed E-state index contributed by atoms with van der Waals surface area (Å²) in [7, 11) is 6.44. The minimum atomic E-state index is -0.182. The van der Waals surface area contributed by atoms with Crippen molar-refractivity contribution in [2.24, 2.45) is 0 Å². The summed E-state index contributed by atoms with van der Waals surface area (Å²) in [6, 6.07) is 11.4. The third kappa shape index (κ3) is 3.50. The maximum absolute atomic E-state index is 5.54. The average molecular weight is 346 g/mol. The molecular formula is C19H22O6. The van der Waals surface area contributed by atoms with Gasteiger partial charge >= 0.3 is 0 Å². The van der Waals surface area contributed by atoms with E-state index in [2.05, 4.69) is 0 Å². The van der Waals surface area contributed by atoms with Crippen LogP contribution in [0.2, 0.25) is 0 Å². The monoisotopic (exact) mass is 346 g/mol. The normalized spacial score (nSPS) is 19.5. The van der Waals surface area contributed by atoms with Gasteiger partial charge in [0.2, 0.25) is 0 Å². The van der Waals surface area contributed by atoms with Crippen LogP contribution in [0, 0.1) is 0 Å². The Morgan fingerprint density at radius 3 is 1.40 bits per heavy atom. The molecule has 0 amide bonds. The molecule has 1 fully saturated rings. The summed E-state index contributed by atoms with van der Waals surface area (Å²) in [5.74, 6) is 2.69. The Kier molecular flexibility index (Phi) is 5.31. The summed E-state index contributed by atoms with van der Waals surface area (Å²) in [5.41, 5.74) is 1.95. The molecule has 0 radical (unpaired) electrons. The van der Waals surface area contributed by atoms with Crippen LogP contribution in [0.5, 0.6) is 23.0 Å². The smallest absolute Gasteiger partial charge is 0.161 e. The molecule has 2 aromatic rings. The number of benzene rings is 2. The maximum Gasteiger partial charge on any atom is 0.161 e. The first-order valence-corrected chi connectivity index (χ1v) is 7.96. The third-order valence-corrected chi connectivity index (χ3v) is 4.27. The van der Waals surface area contributed by atoms with E-state index in [0.29, 0.717) is 29.4 Å². The van der Waals surface area contributed by atoms with Gasteiger partial charge in [0, 0.05) is 6.42 Å². The molecule has 0 spiro atoms. The van der Waals surface area contributed by atoms with Gasteiger partial charge in [0.25, 0.3) is 0 Å². The van der Waals surface area contributed by atoms with Crippen molar-refractivity contribution in [1.82, 2.24) is 0 Å². The molecule has 0 bridgehead atoms. The fourth-order valence-corrected chi connectivity index (χ4v) is 2.90. The topological polar surface area (TPSA) is 55.4 Å². The molecule has 2 atom stereocenters. The quantitative estimate of drug-likeness (QED) is 0.741. The fourth-order valence-electron chi connectivity index (χ4n) is 2.90. The minimum Gasteiger partial charge on any atom is -0.493 e. The summed E-state index contributed by atoms with van der Waals surface area (Å²) in [4.78, 5) is 11.1. The van der Waals surface area contributed by atoms with Crippen molar-refractivity contribution in [1.29, 1.82) is 0 Å². The molecule has 0 unspecified atom stereocenters. The van der Waals surface area contributed by atoms with E-state index in [-0.39, 0.29) is 12.2 Å². The number of rotatable bonds is 6. The van der Waals surface area contributed by atoms with Crippen LogP contribution in [0.4, 0.5) is 0 Å². The highest BCUT2D eigenvalue weighted by Crippen LogP contribution is 2.43. The van der Waals surface area contributed by atoms with E-state index < -0.39 is 0 Å². The van der Waals surface area contributed by atoms with Crippen LogP contribution in [0.3, 0.4) is 0 Å². The molecule has 1 heterocycles. The van der Waals surface area contributed by atoms with Gasteiger partial charge < -0.3 is 18.9 Å². The molecule has 1 aliphatic heterocycles. The molecule has 6 nitrogen and oxygen atoms in total. The van der Waals surface area contributed by atoms with Gasteiger partial charge in [0.05, 0.1) is 28.4 Å². The van der Waals surface area contributed by atoms with Crippen LogP contribution in [-0.4, -0.2) is 28.4 Å². The predicted molar refractivity (Wildman–Crippen MR) is 91.4 cm³/mol. The summed E-state index contributed by atoms with van der Waals surface area (Å²) < 4.78 is 21.2. The summed E-state index contributed by atoms with van der Waals surface area (Å²) in [5, 5.41) is 0. The van der Waals surface area contributed by atoms with E-state index in [9.17, 15) is 0 Å². The second-order valence-corrected chi connectivity index (χ2v) is 5.63. The largest absolute Gasteiger partial charge is 0.493 e. The van der Waals surface area contributed by atoms with Crippen LogP contribution in [0.15, 0.2) is 36.4 Å². The van der Waals surface area contributed by atoms with Crippen LogP contribution < -0.4 is 18.9 Å². The fraction of sp³-hybridized carbons (Fsp3) is 0.368. The summed E-state index contributed by atoms with van der Waals surface area (Å²) >= 11 is 0. The number of ether oxygens (including phenoxy) is 4. The first-order chi connectivity index (χ1) is 12.2. The lowest BCUT2D eigenvalue weighted by Gasteiger charge is -2.12. The zero-order chi connectivity index (χ0) is 17.8. The summed E-state index contributed by atoms with van der Waals surface area (Å²) in [6.45, 7) is 0. The molecule has 134 valence electrons. The molecular weight excluding hydrogens is 324 g/mol. The van der Waals surface area contributed by atoms with Crippen molar-refractivity contribution in [2.45, 2.75) is 18.6 Å². The van der Waals surface area contributed by atoms with Crippen LogP contribution in [0.25, 0.3) is 0 Å². The Balaban J connectivity index is 1.78. The van der Waals surface area contributed by atoms with Gasteiger partial charge in [-0.1, -0.05) is 12.1 Å². The lowest BCUT2D eigenvalue weighted by molar-refractivity contribution is -0.300. The Morgan fingerprint density at radius 1 is 0.640 bits per heavy atom. The first kappa shape index (κ1) is 17.4. The molecule has 3 rings (SSSR count). The van der Waals surface area contributed by atoms with Crippen molar-refractivity contribution >= 4 is 0 Å². The van der Waals surface area contributed by atoms with Gasteiger partial charge in [-0.2, -0.15) is 0 Å². The minimum absolute atomic E-state index is 0.182. The number of methoxy groups -OCH3 is 4. The molecule has 1 saturated heterocycles. The molecule has 1 aliphatic rings. The number of hydrogen-bond acceptors (Lipinski definition) is 6. The predicted octanol–water partition coefficient (Wildman–Crippen LogP) is 3.86. The standard InChI is InChI=1S/C19H22O6/c1-20-14-7-5-12(9-18(14)22-3)16-11-17(25-24-16)13-6-8-15(21-2)19(10-13)23-4/h5-10,16-17H,11H2,1-4H3/t16-,17-/m0/s1. The molecule has 25 heavy (non-hydrogen) atoms. The molecule has 0 aliphatic carbocycles. The maximum atomic E-state index is 5.54. The van der Waals surface area contributed by atoms with Crippen molar-refractivity contribution in [3.63, 3.8) is 0 Å². The van der Waals surface area contributed by atoms with Crippen LogP contribution in [-0.2, 0) is 9.78 Å². The van der Waals surface area contributed by atoms with E-state index in [0.717, 1.165) is 11.1 Å². The Hall–Kier alpha value is -2.44. The highest BCUT2D eigenvalue weighted by atomic mass is 17.2. The Labute approximate surface area is 147 Å². The van der Waals surface area contributed by atoms with E-state index in [1.807, 2.05) is 36.4 Å². The van der Waals surface area contributed by atoms with Crippen molar-refractivity contribution in [2.75, 3.05) is 28.4 Å². The highest BCUT2D eigenvalue weighted by Gasteiger charge is 2.31. The third-order valence-electron chi connectivity index (χ3n) is 4.27. The van der Waals surface area contributed by atoms with Crippen molar-refractivity contribution in [3.8, 4) is 23.0 Å². The van der Waals surface area contributed by atoms with Gasteiger partial charge in [0.1, 0.15) is 12.2 Å². The van der Waals surface area contributed by atoms with E-state index in [1.165, 1.54) is 0 Å². The highest BCUT2D eigenvalue weighted by molar-refractivity contribution is 5.45. The Morgan fingerprint density at radius 2 is 1.04 bits per heavy atom.